The molecular weight excluding hydrogens is 135 g/mol. The summed E-state index contributed by atoms with van der Waals surface area (Å²) < 4.78 is 0. The molecule has 0 nitrogen and oxygen atoms in total. The van der Waals surface area contributed by atoms with Crippen LogP contribution in [0.25, 0.3) is 0 Å². The fourth-order valence-electron chi connectivity index (χ4n) is 0. The van der Waals surface area contributed by atoms with E-state index < -0.39 is 0 Å². The minimum absolute atomic E-state index is 0. The first kappa shape index (κ1) is 60.1. The fourth-order valence-corrected chi connectivity index (χ4v) is 0. The first-order valence-corrected chi connectivity index (χ1v) is 0. The predicted molar refractivity (Wildman–Crippen MR) is 13.7 cm³/mol. The van der Waals surface area contributed by atoms with Gasteiger partial charge in [-0.25, -0.2) is 0 Å². The number of rotatable bonds is 0. The molecule has 0 aliphatic heterocycles. The van der Waals surface area contributed by atoms with E-state index >= 15 is 0 Å². The Bertz CT molecular complexity index is 13.5. The summed E-state index contributed by atoms with van der Waals surface area (Å²) in [6, 6.07) is 0. The van der Waals surface area contributed by atoms with Gasteiger partial charge in [0.2, 0.25) is 0 Å². The topological polar surface area (TPSA) is 0 Å². The molecule has 0 spiro atoms. The molecular formula is H2BBeCoFe. The Morgan fingerprint density at radius 2 is 1.25 bits per heavy atom. The van der Waals surface area contributed by atoms with E-state index in [0.29, 0.717) is 0 Å². The second-order valence-electron chi connectivity index (χ2n) is 0. The van der Waals surface area contributed by atoms with Crippen LogP contribution in [-0.2, 0) is 33.8 Å². The number of hydrogen-bond donors (Lipinski definition) is 0. The zero-order valence-corrected chi connectivity index (χ0v) is 4.12. The van der Waals surface area contributed by atoms with Gasteiger partial charge in [-0.15, -0.1) is 0 Å². The monoisotopic (exact) mass is 137 g/mol. The Morgan fingerprint density at radius 3 is 1.25 bits per heavy atom. The van der Waals surface area contributed by atoms with Crippen molar-refractivity contribution >= 4 is 18.5 Å². The van der Waals surface area contributed by atoms with E-state index in [1.54, 1.807) is 0 Å². The minimum Gasteiger partial charge on any atom is -1.00 e. The molecule has 0 unspecified atom stereocenters. The SMILES string of the molecule is [B].[Be+2].[Co].[Fe].[H-].[H-]. The third-order valence-electron chi connectivity index (χ3n) is 0. The van der Waals surface area contributed by atoms with Crippen LogP contribution in [0.3, 0.4) is 0 Å². The molecule has 0 aliphatic carbocycles. The molecule has 0 aromatic rings. The summed E-state index contributed by atoms with van der Waals surface area (Å²) in [5.41, 5.74) is 0. The Balaban J connectivity index is 0. The fraction of sp³-hybridized carbons (Fsp3) is 0. The van der Waals surface area contributed by atoms with Crippen molar-refractivity contribution in [3.8, 4) is 0 Å². The summed E-state index contributed by atoms with van der Waals surface area (Å²) in [4.78, 5) is 0. The Labute approximate surface area is 55.5 Å². The molecule has 0 fully saturated rings. The van der Waals surface area contributed by atoms with E-state index in [9.17, 15) is 0 Å². The van der Waals surface area contributed by atoms with Gasteiger partial charge in [-0.3, -0.25) is 0 Å². The van der Waals surface area contributed by atoms with Crippen molar-refractivity contribution in [2.45, 2.75) is 0 Å². The third-order valence-corrected chi connectivity index (χ3v) is 0. The Morgan fingerprint density at radius 1 is 1.25 bits per heavy atom. The van der Waals surface area contributed by atoms with E-state index in [1.165, 1.54) is 0 Å². The second kappa shape index (κ2) is 28.5. The van der Waals surface area contributed by atoms with Crippen molar-refractivity contribution in [3.05, 3.63) is 0 Å². The molecule has 0 saturated carbocycles. The van der Waals surface area contributed by atoms with Crippen molar-refractivity contribution in [2.24, 2.45) is 0 Å². The van der Waals surface area contributed by atoms with Crippen LogP contribution in [0.15, 0.2) is 0 Å². The van der Waals surface area contributed by atoms with E-state index in [0.717, 1.165) is 0 Å². The molecule has 0 heterocycles. The normalized spacial score (nSPS) is 0. The van der Waals surface area contributed by atoms with Gasteiger partial charge in [0.1, 0.15) is 0 Å². The quantitative estimate of drug-likeness (QED) is 0.393. The van der Waals surface area contributed by atoms with Crippen LogP contribution in [0, 0.1) is 0 Å². The van der Waals surface area contributed by atoms with Crippen molar-refractivity contribution < 1.29 is 36.7 Å². The van der Waals surface area contributed by atoms with Gasteiger partial charge in [-0.2, -0.15) is 0 Å². The summed E-state index contributed by atoms with van der Waals surface area (Å²) in [5, 5.41) is 0. The summed E-state index contributed by atoms with van der Waals surface area (Å²) in [5.74, 6) is 0. The van der Waals surface area contributed by atoms with Crippen LogP contribution in [0.1, 0.15) is 2.85 Å². The maximum atomic E-state index is 0. The molecule has 4 radical (unpaired) electrons. The van der Waals surface area contributed by atoms with E-state index in [1.807, 2.05) is 0 Å². The average Bonchev–Trinajstić information content (AvgIpc) is 0. The molecule has 0 rings (SSSR count). The van der Waals surface area contributed by atoms with Crippen molar-refractivity contribution in [2.75, 3.05) is 0 Å². The van der Waals surface area contributed by atoms with Crippen LogP contribution in [0.2, 0.25) is 0 Å². The minimum atomic E-state index is 0. The van der Waals surface area contributed by atoms with E-state index in [4.69, 9.17) is 0 Å². The van der Waals surface area contributed by atoms with Gasteiger partial charge in [-0.05, 0) is 0 Å². The second-order valence-corrected chi connectivity index (χ2v) is 0. The van der Waals surface area contributed by atoms with Gasteiger partial charge >= 0.3 is 10.1 Å². The molecule has 0 amide bonds. The van der Waals surface area contributed by atoms with Gasteiger partial charge in [0.15, 0.2) is 0 Å². The van der Waals surface area contributed by atoms with Crippen molar-refractivity contribution in [1.82, 2.24) is 0 Å². The van der Waals surface area contributed by atoms with Crippen LogP contribution >= 0.6 is 0 Å². The van der Waals surface area contributed by atoms with E-state index in [-0.39, 0.29) is 55.2 Å². The largest absolute Gasteiger partial charge is 2.00 e. The maximum absolute atomic E-state index is 0. The van der Waals surface area contributed by atoms with Gasteiger partial charge in [-0.1, -0.05) is 0 Å². The van der Waals surface area contributed by atoms with Gasteiger partial charge < -0.3 is 2.85 Å². The first-order valence-electron chi connectivity index (χ1n) is 0. The molecule has 0 aromatic carbocycles. The zero-order chi connectivity index (χ0) is 0. The van der Waals surface area contributed by atoms with E-state index in [2.05, 4.69) is 0 Å². The molecule has 0 aromatic heterocycles. The first-order chi connectivity index (χ1) is 0. The smallest absolute Gasteiger partial charge is 1.00 e. The zero-order valence-electron chi connectivity index (χ0n) is 3.97. The predicted octanol–water partition coefficient (Wildman–Crippen LogP) is -0.542. The van der Waals surface area contributed by atoms with Gasteiger partial charge in [0, 0.05) is 42.3 Å². The summed E-state index contributed by atoms with van der Waals surface area (Å²) >= 11 is 0. The molecule has 0 bridgehead atoms. The van der Waals surface area contributed by atoms with Gasteiger partial charge in [0.25, 0.3) is 0 Å². The molecule has 0 aliphatic rings. The van der Waals surface area contributed by atoms with Crippen LogP contribution in [0.4, 0.5) is 0 Å². The molecule has 4 heteroatoms. The summed E-state index contributed by atoms with van der Waals surface area (Å²) in [7, 11) is 0. The van der Waals surface area contributed by atoms with Crippen LogP contribution in [-0.4, -0.2) is 18.5 Å². The molecule has 24 valence electrons. The van der Waals surface area contributed by atoms with Crippen molar-refractivity contribution in [1.29, 1.82) is 0 Å². The molecule has 0 N–H and O–H groups in total. The summed E-state index contributed by atoms with van der Waals surface area (Å²) in [6.07, 6.45) is 0. The maximum Gasteiger partial charge on any atom is 2.00 e. The average molecular weight is 137 g/mol. The van der Waals surface area contributed by atoms with Gasteiger partial charge in [0.05, 0.1) is 0 Å². The Hall–Kier alpha value is 1.26. The van der Waals surface area contributed by atoms with Crippen LogP contribution in [0.5, 0.6) is 0 Å². The summed E-state index contributed by atoms with van der Waals surface area (Å²) in [6.45, 7) is 0. The standard InChI is InChI=1S/B.Be.Co.Fe.2H/q;+2;;;2*-1. The van der Waals surface area contributed by atoms with Crippen LogP contribution < -0.4 is 0 Å². The third kappa shape index (κ3) is 10.5. The molecule has 4 heavy (non-hydrogen) atoms. The Kier molecular flexibility index (Phi) is 429. The van der Waals surface area contributed by atoms with Crippen molar-refractivity contribution in [3.63, 3.8) is 0 Å². The molecule has 0 saturated heterocycles. The number of hydrogen-bond acceptors (Lipinski definition) is 0. The molecule has 0 atom stereocenters.